The van der Waals surface area contributed by atoms with Crippen LogP contribution in [-0.4, -0.2) is 11.5 Å². The van der Waals surface area contributed by atoms with Crippen molar-refractivity contribution in [2.24, 2.45) is 5.92 Å². The van der Waals surface area contributed by atoms with Crippen molar-refractivity contribution in [3.05, 3.63) is 12.4 Å². The second-order valence-corrected chi connectivity index (χ2v) is 5.62. The Morgan fingerprint density at radius 3 is 2.64 bits per heavy atom. The molecule has 0 aromatic carbocycles. The van der Waals surface area contributed by atoms with E-state index in [0.717, 1.165) is 12.2 Å². The first-order valence-corrected chi connectivity index (χ1v) is 6.89. The van der Waals surface area contributed by atoms with Gasteiger partial charge in [0.15, 0.2) is 0 Å². The van der Waals surface area contributed by atoms with Crippen molar-refractivity contribution < 1.29 is 14.0 Å². The molecule has 0 bridgehead atoms. The van der Waals surface area contributed by atoms with Crippen LogP contribution in [0.25, 0.3) is 0 Å². The van der Waals surface area contributed by atoms with Crippen LogP contribution in [0.2, 0.25) is 0 Å². The zero-order valence-electron chi connectivity index (χ0n) is 8.52. The number of hydrogen-bond donors (Lipinski definition) is 1. The van der Waals surface area contributed by atoms with Crippen LogP contribution in [0, 0.1) is 5.92 Å². The third kappa shape index (κ3) is 4.41. The van der Waals surface area contributed by atoms with E-state index in [1.165, 1.54) is 32.1 Å². The number of rotatable bonds is 5. The van der Waals surface area contributed by atoms with Gasteiger partial charge in [-0.15, -0.1) is 0 Å². The molecule has 1 atom stereocenters. The molecule has 4 heteroatoms. The molecule has 82 valence electrons. The summed E-state index contributed by atoms with van der Waals surface area (Å²) in [6.07, 6.45) is 7.31. The Kier molecular flexibility index (Phi) is 4.86. The third-order valence-electron chi connectivity index (χ3n) is 2.76. The summed E-state index contributed by atoms with van der Waals surface area (Å²) in [4.78, 5) is 9.07. The zero-order valence-corrected chi connectivity index (χ0v) is 9.42. The Balaban J connectivity index is 2.14. The average molecular weight is 218 g/mol. The van der Waals surface area contributed by atoms with Gasteiger partial charge in [0, 0.05) is 5.82 Å². The summed E-state index contributed by atoms with van der Waals surface area (Å²) in [6.45, 7) is 3.64. The van der Waals surface area contributed by atoms with Gasteiger partial charge in [-0.05, 0) is 12.3 Å². The average Bonchev–Trinajstić information content (AvgIpc) is 2.19. The summed E-state index contributed by atoms with van der Waals surface area (Å²) in [7, 11) is -3.48. The van der Waals surface area contributed by atoms with Gasteiger partial charge in [-0.2, -0.15) is 0 Å². The molecule has 1 unspecified atom stereocenters. The fourth-order valence-electron chi connectivity index (χ4n) is 1.88. The molecule has 0 aromatic rings. The molecule has 14 heavy (non-hydrogen) atoms. The van der Waals surface area contributed by atoms with E-state index in [1.807, 2.05) is 0 Å². The molecule has 1 rings (SSSR count). The minimum atomic E-state index is -3.48. The fraction of sp³-hybridized carbons (Fsp3) is 0.800. The van der Waals surface area contributed by atoms with E-state index in [4.69, 9.17) is 9.42 Å². The van der Waals surface area contributed by atoms with Gasteiger partial charge in [0.1, 0.15) is 0 Å². The van der Waals surface area contributed by atoms with E-state index in [0.29, 0.717) is 12.5 Å². The van der Waals surface area contributed by atoms with Crippen molar-refractivity contribution >= 4 is 7.60 Å². The molecule has 1 fully saturated rings. The monoisotopic (exact) mass is 218 g/mol. The highest BCUT2D eigenvalue weighted by Gasteiger charge is 2.16. The lowest BCUT2D eigenvalue weighted by Gasteiger charge is -2.21. The molecule has 0 aliphatic heterocycles. The van der Waals surface area contributed by atoms with Gasteiger partial charge in [0.05, 0.1) is 6.61 Å². The molecule has 1 aliphatic rings. The predicted molar refractivity (Wildman–Crippen MR) is 57.2 cm³/mol. The Hall–Kier alpha value is -0.110. The minimum Gasteiger partial charge on any atom is -0.321 e. The van der Waals surface area contributed by atoms with Crippen molar-refractivity contribution in [2.45, 2.75) is 38.5 Å². The van der Waals surface area contributed by atoms with E-state index in [1.54, 1.807) is 0 Å². The molecule has 0 spiro atoms. The quantitative estimate of drug-likeness (QED) is 0.720. The van der Waals surface area contributed by atoms with Crippen LogP contribution >= 0.6 is 7.60 Å². The summed E-state index contributed by atoms with van der Waals surface area (Å²) >= 11 is 0. The molecule has 3 nitrogen and oxygen atoms in total. The third-order valence-corrected chi connectivity index (χ3v) is 3.77. The SMILES string of the molecule is C=CP(=O)(O)OCCC1CCCCC1. The summed E-state index contributed by atoms with van der Waals surface area (Å²) in [5.41, 5.74) is 0. The van der Waals surface area contributed by atoms with Gasteiger partial charge in [-0.3, -0.25) is 4.57 Å². The molecule has 0 aromatic heterocycles. The first-order valence-electron chi connectivity index (χ1n) is 5.25. The summed E-state index contributed by atoms with van der Waals surface area (Å²) < 4.78 is 15.9. The molecule has 1 aliphatic carbocycles. The molecule has 0 amide bonds. The minimum absolute atomic E-state index is 0.379. The van der Waals surface area contributed by atoms with Gasteiger partial charge in [0.25, 0.3) is 0 Å². The van der Waals surface area contributed by atoms with Crippen LogP contribution in [0.4, 0.5) is 0 Å². The summed E-state index contributed by atoms with van der Waals surface area (Å²) in [5.74, 6) is 1.68. The summed E-state index contributed by atoms with van der Waals surface area (Å²) in [6, 6.07) is 0. The van der Waals surface area contributed by atoms with E-state index in [-0.39, 0.29) is 0 Å². The second-order valence-electron chi connectivity index (χ2n) is 3.87. The lowest BCUT2D eigenvalue weighted by Crippen LogP contribution is -2.08. The maximum atomic E-state index is 11.0. The molecular weight excluding hydrogens is 199 g/mol. The second kappa shape index (κ2) is 5.69. The number of hydrogen-bond acceptors (Lipinski definition) is 2. The van der Waals surface area contributed by atoms with E-state index < -0.39 is 7.60 Å². The highest BCUT2D eigenvalue weighted by atomic mass is 31.2. The largest absolute Gasteiger partial charge is 0.351 e. The molecule has 0 heterocycles. The van der Waals surface area contributed by atoms with Gasteiger partial charge >= 0.3 is 7.60 Å². The van der Waals surface area contributed by atoms with Crippen LogP contribution in [-0.2, 0) is 9.09 Å². The zero-order chi connectivity index (χ0) is 10.4. The van der Waals surface area contributed by atoms with Crippen LogP contribution in [0.3, 0.4) is 0 Å². The highest BCUT2D eigenvalue weighted by Crippen LogP contribution is 2.43. The standard InChI is InChI=1S/C10H19O3P/c1-2-14(11,12)13-9-8-10-6-4-3-5-7-10/h2,10H,1,3-9H2,(H,11,12). The Labute approximate surface area is 85.7 Å². The smallest absolute Gasteiger partial charge is 0.321 e. The Morgan fingerprint density at radius 2 is 2.07 bits per heavy atom. The lowest BCUT2D eigenvalue weighted by molar-refractivity contribution is 0.224. The maximum Gasteiger partial charge on any atom is 0.351 e. The highest BCUT2D eigenvalue weighted by molar-refractivity contribution is 7.56. The maximum absolute atomic E-state index is 11.0. The van der Waals surface area contributed by atoms with Crippen molar-refractivity contribution in [2.75, 3.05) is 6.61 Å². The van der Waals surface area contributed by atoms with Crippen LogP contribution < -0.4 is 0 Å². The van der Waals surface area contributed by atoms with Crippen molar-refractivity contribution in [3.8, 4) is 0 Å². The van der Waals surface area contributed by atoms with Gasteiger partial charge in [-0.25, -0.2) is 0 Å². The Morgan fingerprint density at radius 1 is 1.43 bits per heavy atom. The lowest BCUT2D eigenvalue weighted by atomic mass is 9.87. The van der Waals surface area contributed by atoms with Crippen molar-refractivity contribution in [1.29, 1.82) is 0 Å². The normalized spacial score (nSPS) is 22.9. The molecule has 1 N–H and O–H groups in total. The summed E-state index contributed by atoms with van der Waals surface area (Å²) in [5, 5.41) is 0. The van der Waals surface area contributed by atoms with Gasteiger partial charge in [0.2, 0.25) is 0 Å². The first-order chi connectivity index (χ1) is 6.64. The van der Waals surface area contributed by atoms with Gasteiger partial charge in [-0.1, -0.05) is 38.7 Å². The molecule has 1 saturated carbocycles. The van der Waals surface area contributed by atoms with Crippen molar-refractivity contribution in [3.63, 3.8) is 0 Å². The van der Waals surface area contributed by atoms with Crippen molar-refractivity contribution in [1.82, 2.24) is 0 Å². The topological polar surface area (TPSA) is 46.5 Å². The van der Waals surface area contributed by atoms with E-state index in [2.05, 4.69) is 6.58 Å². The van der Waals surface area contributed by atoms with Gasteiger partial charge < -0.3 is 9.42 Å². The van der Waals surface area contributed by atoms with Crippen LogP contribution in [0.15, 0.2) is 12.4 Å². The predicted octanol–water partition coefficient (Wildman–Crippen LogP) is 3.30. The fourth-order valence-corrected chi connectivity index (χ4v) is 2.35. The Bertz CT molecular complexity index is 221. The van der Waals surface area contributed by atoms with E-state index in [9.17, 15) is 4.57 Å². The molecular formula is C10H19O3P. The van der Waals surface area contributed by atoms with E-state index >= 15 is 0 Å². The molecule has 0 radical (unpaired) electrons. The first kappa shape index (κ1) is 12.0. The van der Waals surface area contributed by atoms with Crippen LogP contribution in [0.1, 0.15) is 38.5 Å². The molecule has 0 saturated heterocycles. The van der Waals surface area contributed by atoms with Crippen LogP contribution in [0.5, 0.6) is 0 Å².